The molecule has 0 aliphatic carbocycles. The van der Waals surface area contributed by atoms with Gasteiger partial charge in [-0.1, -0.05) is 40.2 Å². The molecule has 0 atom stereocenters. The first kappa shape index (κ1) is 22.8. The highest BCUT2D eigenvalue weighted by molar-refractivity contribution is 9.10. The number of fused-ring (bicyclic) bond motifs is 1. The van der Waals surface area contributed by atoms with E-state index in [0.29, 0.717) is 23.1 Å². The van der Waals surface area contributed by atoms with Crippen molar-refractivity contribution in [2.75, 3.05) is 5.32 Å². The number of hydrogen-bond acceptors (Lipinski definition) is 6. The first-order chi connectivity index (χ1) is 15.7. The van der Waals surface area contributed by atoms with E-state index < -0.39 is 17.8 Å². The van der Waals surface area contributed by atoms with Gasteiger partial charge in [0, 0.05) is 23.1 Å². The maximum atomic E-state index is 12.8. The van der Waals surface area contributed by atoms with Crippen LogP contribution in [0, 0.1) is 0 Å². The van der Waals surface area contributed by atoms with Gasteiger partial charge in [0.2, 0.25) is 5.95 Å². The first-order valence-corrected chi connectivity index (χ1v) is 10.5. The maximum absolute atomic E-state index is 12.8. The van der Waals surface area contributed by atoms with Gasteiger partial charge in [-0.25, -0.2) is 9.78 Å². The number of anilines is 1. The highest BCUT2D eigenvalue weighted by Gasteiger charge is 2.32. The quantitative estimate of drug-likeness (QED) is 0.339. The van der Waals surface area contributed by atoms with E-state index in [-0.39, 0.29) is 23.7 Å². The minimum absolute atomic E-state index is 0.151. The van der Waals surface area contributed by atoms with Crippen molar-refractivity contribution in [1.29, 1.82) is 0 Å². The van der Waals surface area contributed by atoms with Crippen LogP contribution in [-0.4, -0.2) is 25.9 Å². The fourth-order valence-corrected chi connectivity index (χ4v) is 3.63. The zero-order valence-corrected chi connectivity index (χ0v) is 18.6. The number of imidazole rings is 1. The zero-order chi connectivity index (χ0) is 23.6. The lowest BCUT2D eigenvalue weighted by Crippen LogP contribution is -2.21. The lowest BCUT2D eigenvalue weighted by molar-refractivity contribution is -0.274. The predicted octanol–water partition coefficient (Wildman–Crippen LogP) is 3.90. The number of H-pyrrole nitrogens is 1. The average Bonchev–Trinajstić information content (AvgIpc) is 3.08. The molecule has 2 heterocycles. The normalized spacial score (nSPS) is 11.7. The summed E-state index contributed by atoms with van der Waals surface area (Å²) in [6, 6.07) is 11.8. The molecular weight excluding hydrogens is 505 g/mol. The van der Waals surface area contributed by atoms with E-state index in [1.54, 1.807) is 0 Å². The Bertz CT molecular complexity index is 1330. The van der Waals surface area contributed by atoms with Crippen LogP contribution >= 0.6 is 15.9 Å². The standard InChI is InChI=1S/C21H18BrF3N6O2/c22-15-5-6-17(33-21(23,24)25)14(7-15)11-31-18-16(29-20(31)32)10-28-19(30-18)27-9-13-3-1-12(8-26)2-4-13/h1-7,10H,8-9,11,26H2,(H,29,32)(H,27,28,30). The van der Waals surface area contributed by atoms with Gasteiger partial charge in [-0.2, -0.15) is 4.98 Å². The first-order valence-electron chi connectivity index (χ1n) is 9.73. The third-order valence-electron chi connectivity index (χ3n) is 4.80. The molecule has 8 nitrogen and oxygen atoms in total. The minimum Gasteiger partial charge on any atom is -0.405 e. The van der Waals surface area contributed by atoms with Gasteiger partial charge in [0.25, 0.3) is 0 Å². The molecule has 0 radical (unpaired) electrons. The van der Waals surface area contributed by atoms with E-state index in [0.717, 1.165) is 11.1 Å². The van der Waals surface area contributed by atoms with E-state index in [1.807, 2.05) is 24.3 Å². The Morgan fingerprint density at radius 1 is 1.15 bits per heavy atom. The molecule has 2 aromatic heterocycles. The zero-order valence-electron chi connectivity index (χ0n) is 17.0. The molecule has 0 fully saturated rings. The van der Waals surface area contributed by atoms with E-state index in [2.05, 4.69) is 40.9 Å². The van der Waals surface area contributed by atoms with Gasteiger partial charge < -0.3 is 20.8 Å². The van der Waals surface area contributed by atoms with Crippen molar-refractivity contribution in [3.63, 3.8) is 0 Å². The summed E-state index contributed by atoms with van der Waals surface area (Å²) in [5, 5.41) is 3.08. The lowest BCUT2D eigenvalue weighted by Gasteiger charge is -2.14. The molecule has 0 aliphatic rings. The van der Waals surface area contributed by atoms with E-state index >= 15 is 0 Å². The van der Waals surface area contributed by atoms with Gasteiger partial charge in [0.15, 0.2) is 5.65 Å². The fourth-order valence-electron chi connectivity index (χ4n) is 3.22. The Kier molecular flexibility index (Phi) is 6.38. The second-order valence-corrected chi connectivity index (χ2v) is 8.04. The molecular formula is C21H18BrF3N6O2. The van der Waals surface area contributed by atoms with Crippen LogP contribution in [0.3, 0.4) is 0 Å². The second-order valence-electron chi connectivity index (χ2n) is 7.12. The molecule has 33 heavy (non-hydrogen) atoms. The summed E-state index contributed by atoms with van der Waals surface area (Å²) in [5.41, 5.74) is 7.80. The Labute approximate surface area is 193 Å². The van der Waals surface area contributed by atoms with Gasteiger partial charge in [-0.3, -0.25) is 4.57 Å². The maximum Gasteiger partial charge on any atom is 0.573 e. The summed E-state index contributed by atoms with van der Waals surface area (Å²) in [5.74, 6) is -0.139. The van der Waals surface area contributed by atoms with Crippen LogP contribution in [0.15, 0.2) is 57.9 Å². The van der Waals surface area contributed by atoms with E-state index in [9.17, 15) is 18.0 Å². The molecule has 12 heteroatoms. The Morgan fingerprint density at radius 2 is 1.88 bits per heavy atom. The van der Waals surface area contributed by atoms with Crippen molar-refractivity contribution < 1.29 is 17.9 Å². The van der Waals surface area contributed by atoms with Crippen LogP contribution < -0.4 is 21.5 Å². The van der Waals surface area contributed by atoms with Crippen LogP contribution in [0.1, 0.15) is 16.7 Å². The Morgan fingerprint density at radius 3 is 2.58 bits per heavy atom. The summed E-state index contributed by atoms with van der Waals surface area (Å²) < 4.78 is 44.3. The number of nitrogens with two attached hydrogens (primary N) is 1. The number of aromatic amines is 1. The van der Waals surface area contributed by atoms with Crippen LogP contribution in [0.5, 0.6) is 5.75 Å². The average molecular weight is 523 g/mol. The Hall–Kier alpha value is -3.38. The summed E-state index contributed by atoms with van der Waals surface area (Å²) in [4.78, 5) is 23.7. The van der Waals surface area contributed by atoms with Gasteiger partial charge in [0.05, 0.1) is 12.7 Å². The predicted molar refractivity (Wildman–Crippen MR) is 120 cm³/mol. The summed E-state index contributed by atoms with van der Waals surface area (Å²) in [6.45, 7) is 0.688. The summed E-state index contributed by atoms with van der Waals surface area (Å²) >= 11 is 3.24. The number of rotatable bonds is 7. The largest absolute Gasteiger partial charge is 0.573 e. The number of hydrogen-bond donors (Lipinski definition) is 3. The number of nitrogens with zero attached hydrogens (tertiary/aromatic N) is 3. The van der Waals surface area contributed by atoms with Crippen molar-refractivity contribution in [2.45, 2.75) is 26.0 Å². The van der Waals surface area contributed by atoms with Crippen molar-refractivity contribution in [3.8, 4) is 5.75 Å². The van der Waals surface area contributed by atoms with Crippen molar-refractivity contribution >= 4 is 33.0 Å². The number of aromatic nitrogens is 4. The highest BCUT2D eigenvalue weighted by atomic mass is 79.9. The SMILES string of the molecule is NCc1ccc(CNc2ncc3[nH]c(=O)n(Cc4cc(Br)ccc4OC(F)(F)F)c3n2)cc1. The molecule has 4 aromatic rings. The second kappa shape index (κ2) is 9.24. The Balaban J connectivity index is 1.62. The molecule has 0 unspecified atom stereocenters. The van der Waals surface area contributed by atoms with Crippen LogP contribution in [0.25, 0.3) is 11.2 Å². The van der Waals surface area contributed by atoms with Crippen LogP contribution in [0.4, 0.5) is 19.1 Å². The fraction of sp³-hybridized carbons (Fsp3) is 0.190. The molecule has 0 bridgehead atoms. The molecule has 0 aliphatic heterocycles. The van der Waals surface area contributed by atoms with E-state index in [4.69, 9.17) is 5.73 Å². The third kappa shape index (κ3) is 5.52. The highest BCUT2D eigenvalue weighted by Crippen LogP contribution is 2.29. The molecule has 2 aromatic carbocycles. The number of benzene rings is 2. The van der Waals surface area contributed by atoms with E-state index in [1.165, 1.54) is 29.0 Å². The number of ether oxygens (including phenoxy) is 1. The number of nitrogens with one attached hydrogen (secondary N) is 2. The monoisotopic (exact) mass is 522 g/mol. The molecule has 0 saturated heterocycles. The third-order valence-corrected chi connectivity index (χ3v) is 5.29. The van der Waals surface area contributed by atoms with Crippen LogP contribution in [0.2, 0.25) is 0 Å². The van der Waals surface area contributed by atoms with Crippen molar-refractivity contribution in [3.05, 3.63) is 80.3 Å². The lowest BCUT2D eigenvalue weighted by atomic mass is 10.1. The van der Waals surface area contributed by atoms with Gasteiger partial charge in [-0.05, 0) is 29.3 Å². The van der Waals surface area contributed by atoms with Crippen molar-refractivity contribution in [1.82, 2.24) is 19.5 Å². The topological polar surface area (TPSA) is 111 Å². The number of halogens is 4. The van der Waals surface area contributed by atoms with Crippen LogP contribution in [-0.2, 0) is 19.6 Å². The number of alkyl halides is 3. The molecule has 0 amide bonds. The molecule has 0 spiro atoms. The summed E-state index contributed by atoms with van der Waals surface area (Å²) in [7, 11) is 0. The van der Waals surface area contributed by atoms with Gasteiger partial charge >= 0.3 is 12.1 Å². The molecule has 4 rings (SSSR count). The minimum atomic E-state index is -4.87. The molecule has 172 valence electrons. The molecule has 4 N–H and O–H groups in total. The molecule has 0 saturated carbocycles. The van der Waals surface area contributed by atoms with Gasteiger partial charge in [-0.15, -0.1) is 13.2 Å². The van der Waals surface area contributed by atoms with Gasteiger partial charge in [0.1, 0.15) is 11.3 Å². The smallest absolute Gasteiger partial charge is 0.405 e. The summed E-state index contributed by atoms with van der Waals surface area (Å²) in [6.07, 6.45) is -3.43. The van der Waals surface area contributed by atoms with Crippen molar-refractivity contribution in [2.24, 2.45) is 5.73 Å².